The summed E-state index contributed by atoms with van der Waals surface area (Å²) >= 11 is 1.71. The molecule has 0 atom stereocenters. The number of nitrogens with zero attached hydrogens (tertiary/aromatic N) is 1. The quantitative estimate of drug-likeness (QED) is 0.736. The zero-order chi connectivity index (χ0) is 14.3. The van der Waals surface area contributed by atoms with Crippen LogP contribution in [0.5, 0.6) is 0 Å². The summed E-state index contributed by atoms with van der Waals surface area (Å²) in [7, 11) is 0. The molecule has 4 heteroatoms. The molecule has 3 rings (SSSR count). The van der Waals surface area contributed by atoms with E-state index >= 15 is 0 Å². The number of nitrogens with two attached hydrogens (primary N) is 1. The molecule has 3 N–H and O–H groups in total. The lowest BCUT2D eigenvalue weighted by Crippen LogP contribution is -1.90. The molecule has 0 aliphatic carbocycles. The molecule has 0 amide bonds. The molecular weight excluding hydrogens is 266 g/mol. The lowest BCUT2D eigenvalue weighted by molar-refractivity contribution is 1.10. The van der Waals surface area contributed by atoms with Crippen molar-refractivity contribution in [3.8, 4) is 21.7 Å². The third-order valence-electron chi connectivity index (χ3n) is 3.68. The summed E-state index contributed by atoms with van der Waals surface area (Å²) in [6.07, 6.45) is 0. The average molecular weight is 283 g/mol. The number of thiophene rings is 1. The van der Waals surface area contributed by atoms with Gasteiger partial charge in [0.05, 0.1) is 16.1 Å². The molecule has 2 heterocycles. The van der Waals surface area contributed by atoms with E-state index < -0.39 is 0 Å². The minimum absolute atomic E-state index is 0.552. The first-order valence-corrected chi connectivity index (χ1v) is 7.42. The van der Waals surface area contributed by atoms with Crippen LogP contribution in [-0.2, 0) is 0 Å². The molecule has 0 spiro atoms. The second kappa shape index (κ2) is 4.80. The fourth-order valence-electron chi connectivity index (χ4n) is 2.34. The van der Waals surface area contributed by atoms with Crippen molar-refractivity contribution in [2.45, 2.75) is 20.8 Å². The molecule has 0 aliphatic heterocycles. The topological polar surface area (TPSA) is 54.7 Å². The number of nitrogens with one attached hydrogen (secondary N) is 1. The Labute approximate surface area is 122 Å². The van der Waals surface area contributed by atoms with Crippen molar-refractivity contribution in [1.82, 2.24) is 10.2 Å². The maximum absolute atomic E-state index is 6.08. The number of aromatic nitrogens is 2. The molecule has 0 unspecified atom stereocenters. The lowest BCUT2D eigenvalue weighted by atomic mass is 9.99. The molecule has 1 aromatic carbocycles. The number of anilines is 1. The van der Waals surface area contributed by atoms with Gasteiger partial charge in [-0.05, 0) is 54.5 Å². The molecule has 0 fully saturated rings. The maximum atomic E-state index is 6.08. The van der Waals surface area contributed by atoms with Gasteiger partial charge in [-0.15, -0.1) is 11.3 Å². The van der Waals surface area contributed by atoms with Gasteiger partial charge in [-0.1, -0.05) is 18.2 Å². The predicted molar refractivity (Wildman–Crippen MR) is 86.0 cm³/mol. The van der Waals surface area contributed by atoms with Crippen molar-refractivity contribution in [2.75, 3.05) is 5.73 Å². The van der Waals surface area contributed by atoms with E-state index in [9.17, 15) is 0 Å². The minimum Gasteiger partial charge on any atom is -0.382 e. The first-order valence-electron chi connectivity index (χ1n) is 6.54. The first kappa shape index (κ1) is 12.9. The average Bonchev–Trinajstić information content (AvgIpc) is 2.99. The molecule has 20 heavy (non-hydrogen) atoms. The Morgan fingerprint density at radius 3 is 2.50 bits per heavy atom. The van der Waals surface area contributed by atoms with Crippen molar-refractivity contribution in [3.05, 3.63) is 46.3 Å². The highest BCUT2D eigenvalue weighted by molar-refractivity contribution is 7.13. The van der Waals surface area contributed by atoms with E-state index in [1.165, 1.54) is 21.6 Å². The molecule has 3 aromatic rings. The summed E-state index contributed by atoms with van der Waals surface area (Å²) in [5.41, 5.74) is 13.0. The molecule has 0 radical (unpaired) electrons. The van der Waals surface area contributed by atoms with Crippen LogP contribution in [0, 0.1) is 20.8 Å². The van der Waals surface area contributed by atoms with Gasteiger partial charge >= 0.3 is 0 Å². The third-order valence-corrected chi connectivity index (χ3v) is 4.71. The Hall–Kier alpha value is -2.07. The van der Waals surface area contributed by atoms with Crippen LogP contribution in [0.25, 0.3) is 21.7 Å². The predicted octanol–water partition coefficient (Wildman–Crippen LogP) is 4.31. The van der Waals surface area contributed by atoms with Crippen LogP contribution in [0.2, 0.25) is 0 Å². The number of aromatic amines is 1. The number of hydrogen-bond acceptors (Lipinski definition) is 3. The molecule has 102 valence electrons. The van der Waals surface area contributed by atoms with Gasteiger partial charge in [0.15, 0.2) is 5.82 Å². The molecule has 0 aliphatic rings. The van der Waals surface area contributed by atoms with Gasteiger partial charge in [-0.3, -0.25) is 5.10 Å². The smallest absolute Gasteiger partial charge is 0.153 e. The second-order valence-corrected chi connectivity index (χ2v) is 6.01. The molecule has 0 bridgehead atoms. The Kier molecular flexibility index (Phi) is 3.10. The Balaban J connectivity index is 2.21. The summed E-state index contributed by atoms with van der Waals surface area (Å²) in [6, 6.07) is 8.52. The van der Waals surface area contributed by atoms with Gasteiger partial charge in [0.25, 0.3) is 0 Å². The van der Waals surface area contributed by atoms with Crippen LogP contribution in [0.3, 0.4) is 0 Å². The Morgan fingerprint density at radius 1 is 1.05 bits per heavy atom. The fraction of sp³-hybridized carbons (Fsp3) is 0.188. The number of nitrogen functional groups attached to an aromatic ring is 1. The molecular formula is C16H17N3S. The zero-order valence-corrected chi connectivity index (χ0v) is 12.6. The Bertz CT molecular complexity index is 768. The summed E-state index contributed by atoms with van der Waals surface area (Å²) in [6.45, 7) is 6.33. The largest absolute Gasteiger partial charge is 0.382 e. The SMILES string of the molecule is Cc1ccc(-c2c(N)n[nH]c2-c2sccc2C)cc1C. The van der Waals surface area contributed by atoms with E-state index in [0.717, 1.165) is 16.8 Å². The number of benzene rings is 1. The number of rotatable bonds is 2. The van der Waals surface area contributed by atoms with E-state index in [-0.39, 0.29) is 0 Å². The lowest BCUT2D eigenvalue weighted by Gasteiger charge is -2.07. The molecule has 3 nitrogen and oxygen atoms in total. The number of aryl methyl sites for hydroxylation is 3. The normalized spacial score (nSPS) is 10.9. The van der Waals surface area contributed by atoms with Gasteiger partial charge < -0.3 is 5.73 Å². The number of H-pyrrole nitrogens is 1. The van der Waals surface area contributed by atoms with Crippen LogP contribution < -0.4 is 5.73 Å². The van der Waals surface area contributed by atoms with E-state index in [4.69, 9.17) is 5.73 Å². The fourth-order valence-corrected chi connectivity index (χ4v) is 3.27. The molecule has 2 aromatic heterocycles. The minimum atomic E-state index is 0.552. The highest BCUT2D eigenvalue weighted by Gasteiger charge is 2.17. The summed E-state index contributed by atoms with van der Waals surface area (Å²) in [4.78, 5) is 1.20. The number of hydrogen-bond donors (Lipinski definition) is 2. The van der Waals surface area contributed by atoms with Crippen LogP contribution in [0.4, 0.5) is 5.82 Å². The van der Waals surface area contributed by atoms with Gasteiger partial charge in [-0.2, -0.15) is 5.10 Å². The van der Waals surface area contributed by atoms with Crippen LogP contribution in [0.15, 0.2) is 29.6 Å². The van der Waals surface area contributed by atoms with E-state index in [2.05, 4.69) is 60.6 Å². The van der Waals surface area contributed by atoms with Crippen LogP contribution in [-0.4, -0.2) is 10.2 Å². The maximum Gasteiger partial charge on any atom is 0.153 e. The van der Waals surface area contributed by atoms with Crippen molar-refractivity contribution in [3.63, 3.8) is 0 Å². The van der Waals surface area contributed by atoms with Gasteiger partial charge in [0.2, 0.25) is 0 Å². The van der Waals surface area contributed by atoms with Crippen molar-refractivity contribution < 1.29 is 0 Å². The Morgan fingerprint density at radius 2 is 1.85 bits per heavy atom. The monoisotopic (exact) mass is 283 g/mol. The molecule has 0 saturated heterocycles. The van der Waals surface area contributed by atoms with Crippen molar-refractivity contribution in [1.29, 1.82) is 0 Å². The zero-order valence-electron chi connectivity index (χ0n) is 11.8. The van der Waals surface area contributed by atoms with E-state index in [1.807, 2.05) is 0 Å². The van der Waals surface area contributed by atoms with Gasteiger partial charge in [-0.25, -0.2) is 0 Å². The van der Waals surface area contributed by atoms with Crippen LogP contribution in [0.1, 0.15) is 16.7 Å². The van der Waals surface area contributed by atoms with Gasteiger partial charge in [0, 0.05) is 0 Å². The van der Waals surface area contributed by atoms with Crippen molar-refractivity contribution in [2.24, 2.45) is 0 Å². The third kappa shape index (κ3) is 2.02. The summed E-state index contributed by atoms with van der Waals surface area (Å²) in [5, 5.41) is 9.38. The first-order chi connectivity index (χ1) is 9.58. The van der Waals surface area contributed by atoms with Crippen LogP contribution >= 0.6 is 11.3 Å². The second-order valence-electron chi connectivity index (χ2n) is 5.09. The van der Waals surface area contributed by atoms with E-state index in [0.29, 0.717) is 5.82 Å². The van der Waals surface area contributed by atoms with Gasteiger partial charge in [0.1, 0.15) is 0 Å². The van der Waals surface area contributed by atoms with Crippen molar-refractivity contribution >= 4 is 17.2 Å². The molecule has 0 saturated carbocycles. The highest BCUT2D eigenvalue weighted by atomic mass is 32.1. The highest BCUT2D eigenvalue weighted by Crippen LogP contribution is 2.38. The summed E-state index contributed by atoms with van der Waals surface area (Å²) in [5.74, 6) is 0.552. The van der Waals surface area contributed by atoms with E-state index in [1.54, 1.807) is 11.3 Å². The standard InChI is InChI=1S/C16H17N3S/c1-9-4-5-12(8-11(9)3)13-14(18-19-16(13)17)15-10(2)6-7-20-15/h4-8H,1-3H3,(H3,17,18,19). The summed E-state index contributed by atoms with van der Waals surface area (Å²) < 4.78 is 0.